The molecule has 0 saturated heterocycles. The number of halogens is 1. The topological polar surface area (TPSA) is 29.5 Å². The molecule has 3 heteroatoms. The predicted molar refractivity (Wildman–Crippen MR) is 104 cm³/mol. The number of aromatic hydroxyl groups is 1. The van der Waals surface area contributed by atoms with E-state index in [0.717, 1.165) is 35.1 Å². The smallest absolute Gasteiger partial charge is 0.165 e. The second-order valence-corrected chi connectivity index (χ2v) is 6.55. The Bertz CT molecular complexity index is 850. The Hall–Kier alpha value is -2.65. The quantitative estimate of drug-likeness (QED) is 0.672. The molecule has 2 aromatic rings. The number of rotatable bonds is 6. The van der Waals surface area contributed by atoms with E-state index in [1.54, 1.807) is 6.07 Å². The first-order valence-corrected chi connectivity index (χ1v) is 8.76. The largest absolute Gasteiger partial charge is 0.505 e. The molecule has 1 N–H and O–H groups in total. The number of benzene rings is 2. The first kappa shape index (κ1) is 18.2. The summed E-state index contributed by atoms with van der Waals surface area (Å²) in [5.74, 6) is -0.947. The predicted octanol–water partition coefficient (Wildman–Crippen LogP) is 5.75. The summed E-state index contributed by atoms with van der Waals surface area (Å²) < 4.78 is 19.5. The van der Waals surface area contributed by atoms with Crippen molar-refractivity contribution in [2.24, 2.45) is 0 Å². The fraction of sp³-hybridized carbons (Fsp3) is 0.217. The van der Waals surface area contributed by atoms with E-state index in [0.29, 0.717) is 6.61 Å². The Balaban J connectivity index is 1.85. The van der Waals surface area contributed by atoms with Crippen LogP contribution in [-0.2, 0) is 4.74 Å². The van der Waals surface area contributed by atoms with Gasteiger partial charge in [-0.05, 0) is 54.2 Å². The summed E-state index contributed by atoms with van der Waals surface area (Å²) in [5, 5.41) is 9.40. The van der Waals surface area contributed by atoms with Crippen molar-refractivity contribution in [3.05, 3.63) is 89.3 Å². The Labute approximate surface area is 154 Å². The first-order chi connectivity index (χ1) is 12.5. The summed E-state index contributed by atoms with van der Waals surface area (Å²) in [5.41, 5.74) is 5.14. The molecule has 0 bridgehead atoms. The molecule has 134 valence electrons. The summed E-state index contributed by atoms with van der Waals surface area (Å²) in [4.78, 5) is 0. The molecule has 1 aliphatic heterocycles. The Morgan fingerprint density at radius 1 is 1.27 bits per heavy atom. The maximum absolute atomic E-state index is 13.7. The number of hydrogen-bond donors (Lipinski definition) is 1. The molecule has 0 aliphatic carbocycles. The van der Waals surface area contributed by atoms with E-state index in [-0.39, 0.29) is 11.9 Å². The van der Waals surface area contributed by atoms with Crippen LogP contribution in [0.15, 0.2) is 72.3 Å². The molecule has 0 fully saturated rings. The van der Waals surface area contributed by atoms with Crippen LogP contribution in [0.3, 0.4) is 0 Å². The lowest BCUT2D eigenvalue weighted by Crippen LogP contribution is -2.11. The molecular formula is C23H23FO2. The third kappa shape index (κ3) is 4.30. The van der Waals surface area contributed by atoms with E-state index in [4.69, 9.17) is 4.74 Å². The van der Waals surface area contributed by atoms with Gasteiger partial charge < -0.3 is 9.84 Å². The second kappa shape index (κ2) is 8.15. The number of allylic oxidation sites excluding steroid dienone is 1. The van der Waals surface area contributed by atoms with Gasteiger partial charge >= 0.3 is 0 Å². The molecule has 1 unspecified atom stereocenters. The number of hydrogen-bond acceptors (Lipinski definition) is 2. The fourth-order valence-corrected chi connectivity index (χ4v) is 3.22. The number of ether oxygens (including phenoxy) is 1. The van der Waals surface area contributed by atoms with Gasteiger partial charge in [0, 0.05) is 0 Å². The highest BCUT2D eigenvalue weighted by Gasteiger charge is 2.20. The van der Waals surface area contributed by atoms with E-state index in [2.05, 4.69) is 12.7 Å². The van der Waals surface area contributed by atoms with Crippen LogP contribution in [0, 0.1) is 5.82 Å². The summed E-state index contributed by atoms with van der Waals surface area (Å²) >= 11 is 0. The summed E-state index contributed by atoms with van der Waals surface area (Å²) in [7, 11) is 0. The molecule has 3 rings (SSSR count). The van der Waals surface area contributed by atoms with E-state index >= 15 is 0 Å². The van der Waals surface area contributed by atoms with Gasteiger partial charge in [-0.15, -0.1) is 0 Å². The molecule has 0 radical (unpaired) electrons. The average molecular weight is 350 g/mol. The Kier molecular flexibility index (Phi) is 5.69. The highest BCUT2D eigenvalue weighted by atomic mass is 19.1. The molecule has 0 spiro atoms. The van der Waals surface area contributed by atoms with E-state index < -0.39 is 5.82 Å². The first-order valence-electron chi connectivity index (χ1n) is 8.76. The van der Waals surface area contributed by atoms with Crippen molar-refractivity contribution in [3.63, 3.8) is 0 Å². The van der Waals surface area contributed by atoms with Crippen LogP contribution in [0.4, 0.5) is 4.39 Å². The van der Waals surface area contributed by atoms with Gasteiger partial charge in [0.1, 0.15) is 0 Å². The maximum Gasteiger partial charge on any atom is 0.165 e. The van der Waals surface area contributed by atoms with E-state index in [9.17, 15) is 9.50 Å². The Morgan fingerprint density at radius 2 is 2.04 bits per heavy atom. The zero-order valence-corrected chi connectivity index (χ0v) is 14.9. The normalized spacial score (nSPS) is 17.2. The highest BCUT2D eigenvalue weighted by Crippen LogP contribution is 2.30. The maximum atomic E-state index is 13.7. The van der Waals surface area contributed by atoms with Crippen LogP contribution < -0.4 is 0 Å². The number of phenols is 1. The minimum atomic E-state index is -0.613. The SMILES string of the molecule is C=C(C)C1=CCOC1CC/C(=C/c1ccc(O)c(F)c1)c1ccccc1. The van der Waals surface area contributed by atoms with Crippen molar-refractivity contribution >= 4 is 11.6 Å². The summed E-state index contributed by atoms with van der Waals surface area (Å²) in [6, 6.07) is 14.5. The highest BCUT2D eigenvalue weighted by molar-refractivity contribution is 5.81. The minimum Gasteiger partial charge on any atom is -0.505 e. The van der Waals surface area contributed by atoms with Gasteiger partial charge in [0.2, 0.25) is 0 Å². The van der Waals surface area contributed by atoms with Crippen LogP contribution in [0.1, 0.15) is 30.9 Å². The third-order valence-corrected chi connectivity index (χ3v) is 4.57. The summed E-state index contributed by atoms with van der Waals surface area (Å²) in [6.45, 7) is 6.66. The van der Waals surface area contributed by atoms with Crippen LogP contribution in [0.25, 0.3) is 11.6 Å². The molecule has 1 heterocycles. The van der Waals surface area contributed by atoms with Gasteiger partial charge in [0.25, 0.3) is 0 Å². The molecule has 0 aromatic heterocycles. The van der Waals surface area contributed by atoms with E-state index in [1.807, 2.05) is 43.3 Å². The molecule has 1 aliphatic rings. The van der Waals surface area contributed by atoms with Crippen molar-refractivity contribution in [1.82, 2.24) is 0 Å². The zero-order chi connectivity index (χ0) is 18.5. The summed E-state index contributed by atoms with van der Waals surface area (Å²) in [6.07, 6.45) is 5.74. The zero-order valence-electron chi connectivity index (χ0n) is 14.9. The van der Waals surface area contributed by atoms with Gasteiger partial charge in [0.05, 0.1) is 12.7 Å². The molecular weight excluding hydrogens is 327 g/mol. The molecule has 1 atom stereocenters. The van der Waals surface area contributed by atoms with Crippen LogP contribution in [-0.4, -0.2) is 17.8 Å². The standard InChI is InChI=1S/C23H23FO2/c1-16(2)20-12-13-26-23(20)11-9-19(18-6-4-3-5-7-18)14-17-8-10-22(25)21(24)15-17/h3-8,10,12,14-15,23,25H,1,9,11,13H2,2H3/b19-14-. The molecule has 2 aromatic carbocycles. The van der Waals surface area contributed by atoms with Crippen molar-refractivity contribution in [1.29, 1.82) is 0 Å². The third-order valence-electron chi connectivity index (χ3n) is 4.57. The second-order valence-electron chi connectivity index (χ2n) is 6.55. The molecule has 0 saturated carbocycles. The van der Waals surface area contributed by atoms with Crippen molar-refractivity contribution in [3.8, 4) is 5.75 Å². The molecule has 2 nitrogen and oxygen atoms in total. The van der Waals surface area contributed by atoms with Gasteiger partial charge in [-0.1, -0.05) is 60.7 Å². The lowest BCUT2D eigenvalue weighted by Gasteiger charge is -2.16. The lowest BCUT2D eigenvalue weighted by molar-refractivity contribution is 0.117. The van der Waals surface area contributed by atoms with Gasteiger partial charge in [-0.25, -0.2) is 4.39 Å². The van der Waals surface area contributed by atoms with Gasteiger partial charge in [-0.3, -0.25) is 0 Å². The average Bonchev–Trinajstić information content (AvgIpc) is 3.11. The van der Waals surface area contributed by atoms with Crippen molar-refractivity contribution in [2.75, 3.05) is 6.61 Å². The minimum absolute atomic E-state index is 0.0520. The molecule has 0 amide bonds. The van der Waals surface area contributed by atoms with Crippen LogP contribution in [0.2, 0.25) is 0 Å². The molecule has 26 heavy (non-hydrogen) atoms. The Morgan fingerprint density at radius 3 is 2.73 bits per heavy atom. The monoisotopic (exact) mass is 350 g/mol. The van der Waals surface area contributed by atoms with Gasteiger partial charge in [-0.2, -0.15) is 0 Å². The van der Waals surface area contributed by atoms with Crippen LogP contribution in [0.5, 0.6) is 5.75 Å². The fourth-order valence-electron chi connectivity index (χ4n) is 3.22. The number of phenolic OH excluding ortho intramolecular Hbond substituents is 1. The van der Waals surface area contributed by atoms with Crippen molar-refractivity contribution < 1.29 is 14.2 Å². The van der Waals surface area contributed by atoms with Crippen LogP contribution >= 0.6 is 0 Å². The van der Waals surface area contributed by atoms with Gasteiger partial charge in [0.15, 0.2) is 11.6 Å². The van der Waals surface area contributed by atoms with E-state index in [1.165, 1.54) is 17.7 Å². The van der Waals surface area contributed by atoms with Crippen molar-refractivity contribution in [2.45, 2.75) is 25.9 Å². The lowest BCUT2D eigenvalue weighted by atomic mass is 9.94.